The second-order valence-electron chi connectivity index (χ2n) is 6.82. The molecule has 29 heavy (non-hydrogen) atoms. The Morgan fingerprint density at radius 1 is 1.24 bits per heavy atom. The number of carbonyl (C=O) groups is 1. The molecule has 0 spiro atoms. The van der Waals surface area contributed by atoms with Crippen LogP contribution in [0.25, 0.3) is 11.1 Å². The van der Waals surface area contributed by atoms with Crippen molar-refractivity contribution >= 4 is 38.7 Å². The Morgan fingerprint density at radius 2 is 1.86 bits per heavy atom. The van der Waals surface area contributed by atoms with E-state index in [0.717, 1.165) is 10.6 Å². The quantitative estimate of drug-likeness (QED) is 0.548. The van der Waals surface area contributed by atoms with Crippen molar-refractivity contribution in [3.8, 4) is 11.1 Å². The zero-order chi connectivity index (χ0) is 21.2. The standard InChI is InChI=1S/C19H23N3O5S2/c1-13-16(17(19(23)24)28-18(13)22-8-10-27-11-9-22)14-4-6-15(7-5-14)29(25,26)20-12-21(2)3/h4-7,12H,8-11H2,1-3H3,(H,23,24). The highest BCUT2D eigenvalue weighted by atomic mass is 32.2. The Bertz CT molecular complexity index is 1020. The third-order valence-electron chi connectivity index (χ3n) is 4.47. The minimum Gasteiger partial charge on any atom is -0.477 e. The van der Waals surface area contributed by atoms with Crippen molar-refractivity contribution in [3.63, 3.8) is 0 Å². The summed E-state index contributed by atoms with van der Waals surface area (Å²) in [5.41, 5.74) is 2.14. The number of morpholine rings is 1. The molecule has 0 amide bonds. The molecule has 1 aliphatic rings. The van der Waals surface area contributed by atoms with E-state index < -0.39 is 16.0 Å². The smallest absolute Gasteiger partial charge is 0.346 e. The van der Waals surface area contributed by atoms with E-state index in [2.05, 4.69) is 9.30 Å². The number of anilines is 1. The first-order valence-electron chi connectivity index (χ1n) is 8.97. The van der Waals surface area contributed by atoms with E-state index in [1.54, 1.807) is 26.2 Å². The molecule has 1 fully saturated rings. The number of aromatic carboxylic acids is 1. The van der Waals surface area contributed by atoms with Crippen LogP contribution in [-0.2, 0) is 14.8 Å². The van der Waals surface area contributed by atoms with Gasteiger partial charge in [-0.2, -0.15) is 8.42 Å². The summed E-state index contributed by atoms with van der Waals surface area (Å²) in [6, 6.07) is 6.16. The number of nitrogens with zero attached hydrogens (tertiary/aromatic N) is 3. The number of benzene rings is 1. The van der Waals surface area contributed by atoms with Crippen molar-refractivity contribution in [1.82, 2.24) is 4.90 Å². The summed E-state index contributed by atoms with van der Waals surface area (Å²) >= 11 is 1.24. The second-order valence-corrected chi connectivity index (χ2v) is 9.46. The van der Waals surface area contributed by atoms with E-state index in [1.165, 1.54) is 34.7 Å². The minimum atomic E-state index is -3.81. The van der Waals surface area contributed by atoms with Crippen LogP contribution < -0.4 is 4.90 Å². The molecule has 10 heteroatoms. The molecule has 0 bridgehead atoms. The third-order valence-corrected chi connectivity index (χ3v) is 7.05. The van der Waals surface area contributed by atoms with Gasteiger partial charge in [0, 0.05) is 32.7 Å². The molecule has 156 valence electrons. The first-order chi connectivity index (χ1) is 13.7. The molecular formula is C19H23N3O5S2. The minimum absolute atomic E-state index is 0.0533. The van der Waals surface area contributed by atoms with Gasteiger partial charge in [0.15, 0.2) is 0 Å². The lowest BCUT2D eigenvalue weighted by molar-refractivity contribution is 0.0703. The van der Waals surface area contributed by atoms with Gasteiger partial charge in [0.2, 0.25) is 0 Å². The van der Waals surface area contributed by atoms with Crippen LogP contribution in [0.2, 0.25) is 0 Å². The van der Waals surface area contributed by atoms with Crippen LogP contribution in [0, 0.1) is 6.92 Å². The van der Waals surface area contributed by atoms with Gasteiger partial charge in [0.1, 0.15) is 11.2 Å². The molecule has 0 atom stereocenters. The molecule has 1 N–H and O–H groups in total. The van der Waals surface area contributed by atoms with E-state index in [0.29, 0.717) is 37.4 Å². The van der Waals surface area contributed by atoms with Crippen molar-refractivity contribution in [2.75, 3.05) is 45.3 Å². The number of hydrogen-bond acceptors (Lipinski definition) is 6. The van der Waals surface area contributed by atoms with E-state index in [1.807, 2.05) is 6.92 Å². The number of hydrogen-bond donors (Lipinski definition) is 1. The molecular weight excluding hydrogens is 414 g/mol. The molecule has 2 aromatic rings. The summed E-state index contributed by atoms with van der Waals surface area (Å²) in [6.45, 7) is 4.53. The molecule has 8 nitrogen and oxygen atoms in total. The molecule has 2 heterocycles. The zero-order valence-corrected chi connectivity index (χ0v) is 18.1. The lowest BCUT2D eigenvalue weighted by Gasteiger charge is -2.28. The highest BCUT2D eigenvalue weighted by molar-refractivity contribution is 7.90. The van der Waals surface area contributed by atoms with Crippen molar-refractivity contribution in [2.45, 2.75) is 11.8 Å². The van der Waals surface area contributed by atoms with E-state index in [4.69, 9.17) is 4.74 Å². The molecule has 1 saturated heterocycles. The average molecular weight is 438 g/mol. The summed E-state index contributed by atoms with van der Waals surface area (Å²) in [5.74, 6) is -1.00. The maximum atomic E-state index is 12.3. The largest absolute Gasteiger partial charge is 0.477 e. The fourth-order valence-electron chi connectivity index (χ4n) is 3.08. The van der Waals surface area contributed by atoms with Crippen molar-refractivity contribution < 1.29 is 23.1 Å². The predicted octanol–water partition coefficient (Wildman–Crippen LogP) is 2.54. The third kappa shape index (κ3) is 4.60. The normalized spacial score (nSPS) is 15.1. The van der Waals surface area contributed by atoms with Crippen LogP contribution in [0.4, 0.5) is 5.00 Å². The molecule has 0 radical (unpaired) electrons. The van der Waals surface area contributed by atoms with Gasteiger partial charge < -0.3 is 19.6 Å². The summed E-state index contributed by atoms with van der Waals surface area (Å²) in [4.78, 5) is 15.8. The SMILES string of the molecule is Cc1c(N2CCOCC2)sc(C(=O)O)c1-c1ccc(S(=O)(=O)N=CN(C)C)cc1. The topological polar surface area (TPSA) is 99.5 Å². The van der Waals surface area contributed by atoms with E-state index in [-0.39, 0.29) is 9.77 Å². The number of ether oxygens (including phenoxy) is 1. The molecule has 1 aliphatic heterocycles. The monoisotopic (exact) mass is 437 g/mol. The van der Waals surface area contributed by atoms with Crippen LogP contribution in [0.3, 0.4) is 0 Å². The Labute approximate surface area is 174 Å². The van der Waals surface area contributed by atoms with Gasteiger partial charge >= 0.3 is 5.97 Å². The molecule has 1 aromatic heterocycles. The van der Waals surface area contributed by atoms with E-state index >= 15 is 0 Å². The number of carboxylic acid groups (broad SMARTS) is 1. The van der Waals surface area contributed by atoms with Gasteiger partial charge in [0.05, 0.1) is 23.1 Å². The zero-order valence-electron chi connectivity index (χ0n) is 16.5. The molecule has 0 aliphatic carbocycles. The second kappa shape index (κ2) is 8.52. The van der Waals surface area contributed by atoms with Crippen molar-refractivity contribution in [2.24, 2.45) is 4.40 Å². The summed E-state index contributed by atoms with van der Waals surface area (Å²) in [7, 11) is -0.448. The Hall–Kier alpha value is -2.43. The van der Waals surface area contributed by atoms with Gasteiger partial charge in [-0.15, -0.1) is 15.7 Å². The van der Waals surface area contributed by atoms with Crippen molar-refractivity contribution in [3.05, 3.63) is 34.7 Å². The van der Waals surface area contributed by atoms with Crippen LogP contribution in [0.15, 0.2) is 33.6 Å². The molecule has 0 saturated carbocycles. The Kier molecular flexibility index (Phi) is 6.25. The molecule has 1 aromatic carbocycles. The van der Waals surface area contributed by atoms with Gasteiger partial charge in [-0.3, -0.25) is 0 Å². The summed E-state index contributed by atoms with van der Waals surface area (Å²) in [5, 5.41) is 10.6. The van der Waals surface area contributed by atoms with Crippen LogP contribution >= 0.6 is 11.3 Å². The van der Waals surface area contributed by atoms with Crippen LogP contribution in [0.1, 0.15) is 15.2 Å². The fourth-order valence-corrected chi connectivity index (χ4v) is 5.21. The van der Waals surface area contributed by atoms with Gasteiger partial charge in [0.25, 0.3) is 10.0 Å². The lowest BCUT2D eigenvalue weighted by atomic mass is 10.0. The highest BCUT2D eigenvalue weighted by Gasteiger charge is 2.25. The van der Waals surface area contributed by atoms with Crippen LogP contribution in [0.5, 0.6) is 0 Å². The van der Waals surface area contributed by atoms with Gasteiger partial charge in [-0.05, 0) is 30.2 Å². The first-order valence-corrected chi connectivity index (χ1v) is 11.2. The fraction of sp³-hybridized carbons (Fsp3) is 0.368. The summed E-state index contributed by atoms with van der Waals surface area (Å²) in [6.07, 6.45) is 1.23. The van der Waals surface area contributed by atoms with Gasteiger partial charge in [-0.25, -0.2) is 4.79 Å². The average Bonchev–Trinajstić information content (AvgIpc) is 3.05. The van der Waals surface area contributed by atoms with Gasteiger partial charge in [-0.1, -0.05) is 12.1 Å². The number of carboxylic acids is 1. The maximum absolute atomic E-state index is 12.3. The summed E-state index contributed by atoms with van der Waals surface area (Å²) < 4.78 is 33.6. The van der Waals surface area contributed by atoms with Crippen molar-refractivity contribution in [1.29, 1.82) is 0 Å². The Balaban J connectivity index is 2.00. The number of rotatable bonds is 6. The lowest BCUT2D eigenvalue weighted by Crippen LogP contribution is -2.36. The van der Waals surface area contributed by atoms with E-state index in [9.17, 15) is 18.3 Å². The molecule has 3 rings (SSSR count). The molecule has 0 unspecified atom stereocenters. The highest BCUT2D eigenvalue weighted by Crippen LogP contribution is 2.42. The first kappa shape index (κ1) is 21.3. The Morgan fingerprint density at radius 3 is 2.41 bits per heavy atom. The predicted molar refractivity (Wildman–Crippen MR) is 114 cm³/mol. The number of sulfonamides is 1. The maximum Gasteiger partial charge on any atom is 0.346 e. The number of thiophene rings is 1. The van der Waals surface area contributed by atoms with Crippen LogP contribution in [-0.4, -0.2) is 71.1 Å².